The summed E-state index contributed by atoms with van der Waals surface area (Å²) in [6.07, 6.45) is 3.90. The van der Waals surface area contributed by atoms with Crippen molar-refractivity contribution in [3.8, 4) is 11.1 Å². The largest absolute Gasteiger partial charge is 0.460 e. The van der Waals surface area contributed by atoms with E-state index in [-0.39, 0.29) is 12.2 Å². The van der Waals surface area contributed by atoms with E-state index in [0.29, 0.717) is 11.5 Å². The van der Waals surface area contributed by atoms with Gasteiger partial charge in [-0.05, 0) is 51.3 Å². The van der Waals surface area contributed by atoms with E-state index in [1.54, 1.807) is 26.8 Å². The molecule has 0 radical (unpaired) electrons. The van der Waals surface area contributed by atoms with Gasteiger partial charge in [-0.3, -0.25) is 14.6 Å². The predicted molar refractivity (Wildman–Crippen MR) is 96.4 cm³/mol. The molecule has 4 heteroatoms. The van der Waals surface area contributed by atoms with Crippen LogP contribution < -0.4 is 0 Å². The molecule has 1 aromatic heterocycles. The summed E-state index contributed by atoms with van der Waals surface area (Å²) in [6, 6.07) is 11.4. The van der Waals surface area contributed by atoms with Crippen LogP contribution in [0.1, 0.15) is 62.0 Å². The Morgan fingerprint density at radius 1 is 1.16 bits per heavy atom. The highest BCUT2D eigenvalue weighted by Crippen LogP contribution is 2.43. The number of hydrogen-bond donors (Lipinski definition) is 0. The van der Waals surface area contributed by atoms with Gasteiger partial charge in [0, 0.05) is 23.2 Å². The molecule has 1 aliphatic rings. The molecule has 130 valence electrons. The van der Waals surface area contributed by atoms with Crippen LogP contribution in [-0.2, 0) is 9.53 Å². The van der Waals surface area contributed by atoms with Crippen LogP contribution >= 0.6 is 0 Å². The molecule has 0 aliphatic heterocycles. The van der Waals surface area contributed by atoms with Crippen LogP contribution in [-0.4, -0.2) is 22.3 Å². The summed E-state index contributed by atoms with van der Waals surface area (Å²) in [7, 11) is 0. The second-order valence-corrected chi connectivity index (χ2v) is 7.48. The maximum Gasteiger partial charge on any atom is 0.314 e. The topological polar surface area (TPSA) is 56.3 Å². The third-order valence-corrected chi connectivity index (χ3v) is 4.02. The minimum absolute atomic E-state index is 0.229. The minimum Gasteiger partial charge on any atom is -0.460 e. The lowest BCUT2D eigenvalue weighted by Gasteiger charge is -2.19. The second-order valence-electron chi connectivity index (χ2n) is 7.48. The number of ether oxygens (including phenoxy) is 1. The highest BCUT2D eigenvalue weighted by molar-refractivity contribution is 6.06. The fraction of sp³-hybridized carbons (Fsp3) is 0.381. The summed E-state index contributed by atoms with van der Waals surface area (Å²) in [5.74, 6) is -0.201. The molecule has 3 rings (SSSR count). The van der Waals surface area contributed by atoms with Crippen molar-refractivity contribution in [3.05, 3.63) is 53.9 Å². The van der Waals surface area contributed by atoms with E-state index in [9.17, 15) is 9.59 Å². The Morgan fingerprint density at radius 2 is 1.92 bits per heavy atom. The lowest BCUT2D eigenvalue weighted by atomic mass is 9.98. The number of carbonyl (C=O) groups is 2. The Morgan fingerprint density at radius 3 is 2.60 bits per heavy atom. The summed E-state index contributed by atoms with van der Waals surface area (Å²) in [5.41, 5.74) is 3.06. The zero-order valence-electron chi connectivity index (χ0n) is 14.9. The molecule has 1 fully saturated rings. The molecule has 1 heterocycles. The number of ketones is 1. The first-order valence-electron chi connectivity index (χ1n) is 8.64. The summed E-state index contributed by atoms with van der Waals surface area (Å²) in [4.78, 5) is 28.9. The number of aromatic nitrogens is 1. The van der Waals surface area contributed by atoms with Gasteiger partial charge in [0.05, 0.1) is 5.69 Å². The Kier molecular flexibility index (Phi) is 4.71. The fourth-order valence-corrected chi connectivity index (χ4v) is 2.81. The lowest BCUT2D eigenvalue weighted by Crippen LogP contribution is -2.25. The van der Waals surface area contributed by atoms with E-state index >= 15 is 0 Å². The van der Waals surface area contributed by atoms with Crippen LogP contribution in [0.2, 0.25) is 0 Å². The summed E-state index contributed by atoms with van der Waals surface area (Å²) in [5, 5.41) is 0. The van der Waals surface area contributed by atoms with Gasteiger partial charge in [-0.2, -0.15) is 0 Å². The highest BCUT2D eigenvalue weighted by atomic mass is 16.6. The third-order valence-electron chi connectivity index (χ3n) is 4.02. The molecular formula is C21H23NO3. The van der Waals surface area contributed by atoms with Gasteiger partial charge >= 0.3 is 5.97 Å². The number of Topliss-reactive ketones (excluding diaryl/α,β-unsaturated/α-hetero) is 1. The monoisotopic (exact) mass is 337 g/mol. The van der Waals surface area contributed by atoms with E-state index in [0.717, 1.165) is 16.8 Å². The first kappa shape index (κ1) is 17.3. The first-order valence-corrected chi connectivity index (χ1v) is 8.64. The van der Waals surface area contributed by atoms with E-state index in [1.807, 2.05) is 36.5 Å². The molecule has 0 bridgehead atoms. The Balaban J connectivity index is 1.80. The van der Waals surface area contributed by atoms with Crippen LogP contribution in [0.4, 0.5) is 0 Å². The maximum absolute atomic E-state index is 12.4. The van der Waals surface area contributed by atoms with Crippen molar-refractivity contribution in [1.29, 1.82) is 0 Å². The summed E-state index contributed by atoms with van der Waals surface area (Å²) in [6.45, 7) is 5.37. The van der Waals surface area contributed by atoms with Crippen molar-refractivity contribution in [2.45, 2.75) is 51.6 Å². The van der Waals surface area contributed by atoms with Crippen LogP contribution in [0.25, 0.3) is 11.1 Å². The number of esters is 1. The normalized spacial score (nSPS) is 14.2. The molecule has 0 atom stereocenters. The minimum atomic E-state index is -0.589. The smallest absolute Gasteiger partial charge is 0.314 e. The van der Waals surface area contributed by atoms with Gasteiger partial charge in [0.25, 0.3) is 0 Å². The average molecular weight is 337 g/mol. The quantitative estimate of drug-likeness (QED) is 0.456. The molecule has 2 aromatic rings. The van der Waals surface area contributed by atoms with E-state index in [2.05, 4.69) is 4.98 Å². The number of benzene rings is 1. The number of carbonyl (C=O) groups excluding carboxylic acids is 2. The molecule has 0 amide bonds. The number of hydrogen-bond acceptors (Lipinski definition) is 4. The zero-order valence-corrected chi connectivity index (χ0v) is 14.9. The Bertz CT molecular complexity index is 801. The third kappa shape index (κ3) is 4.53. The van der Waals surface area contributed by atoms with Gasteiger partial charge in [-0.25, -0.2) is 0 Å². The highest BCUT2D eigenvalue weighted by Gasteiger charge is 2.28. The Hall–Kier alpha value is -2.49. The molecule has 1 aromatic carbocycles. The van der Waals surface area contributed by atoms with Crippen molar-refractivity contribution in [2.75, 3.05) is 0 Å². The number of nitrogens with zero attached hydrogens (tertiary/aromatic N) is 1. The van der Waals surface area contributed by atoms with E-state index < -0.39 is 11.6 Å². The summed E-state index contributed by atoms with van der Waals surface area (Å²) >= 11 is 0. The van der Waals surface area contributed by atoms with Crippen LogP contribution in [0, 0.1) is 0 Å². The van der Waals surface area contributed by atoms with E-state index in [4.69, 9.17) is 4.74 Å². The maximum atomic E-state index is 12.4. The molecule has 0 N–H and O–H groups in total. The molecular weight excluding hydrogens is 314 g/mol. The standard InChI is InChI=1S/C21H23NO3/c1-21(2,3)25-19(24)13-18(23)16-7-4-6-15(12-16)17-8-5-11-22-20(17)14-9-10-14/h4-8,11-12,14H,9-10,13H2,1-3H3. The fourth-order valence-electron chi connectivity index (χ4n) is 2.81. The van der Waals surface area contributed by atoms with Gasteiger partial charge in [0.1, 0.15) is 12.0 Å². The molecule has 1 saturated carbocycles. The number of rotatable bonds is 5. The SMILES string of the molecule is CC(C)(C)OC(=O)CC(=O)c1cccc(-c2cccnc2C2CC2)c1. The van der Waals surface area contributed by atoms with Gasteiger partial charge < -0.3 is 4.74 Å². The number of pyridine rings is 1. The second kappa shape index (κ2) is 6.79. The first-order chi connectivity index (χ1) is 11.8. The molecule has 25 heavy (non-hydrogen) atoms. The average Bonchev–Trinajstić information content (AvgIpc) is 3.38. The van der Waals surface area contributed by atoms with Crippen molar-refractivity contribution in [2.24, 2.45) is 0 Å². The van der Waals surface area contributed by atoms with Gasteiger partial charge in [0.2, 0.25) is 0 Å². The van der Waals surface area contributed by atoms with Crippen molar-refractivity contribution in [1.82, 2.24) is 4.98 Å². The molecule has 4 nitrogen and oxygen atoms in total. The zero-order chi connectivity index (χ0) is 18.0. The van der Waals surface area contributed by atoms with Crippen LogP contribution in [0.5, 0.6) is 0 Å². The van der Waals surface area contributed by atoms with Crippen LogP contribution in [0.15, 0.2) is 42.6 Å². The van der Waals surface area contributed by atoms with E-state index in [1.165, 1.54) is 12.8 Å². The molecule has 0 spiro atoms. The van der Waals surface area contributed by atoms with Crippen LogP contribution in [0.3, 0.4) is 0 Å². The van der Waals surface area contributed by atoms with Crippen molar-refractivity contribution < 1.29 is 14.3 Å². The van der Waals surface area contributed by atoms with Gasteiger partial charge in [0.15, 0.2) is 5.78 Å². The summed E-state index contributed by atoms with van der Waals surface area (Å²) < 4.78 is 5.23. The lowest BCUT2D eigenvalue weighted by molar-refractivity contribution is -0.153. The van der Waals surface area contributed by atoms with Crippen molar-refractivity contribution in [3.63, 3.8) is 0 Å². The predicted octanol–water partition coefficient (Wildman–Crippen LogP) is 4.54. The Labute approximate surface area is 148 Å². The van der Waals surface area contributed by atoms with Gasteiger partial charge in [-0.1, -0.05) is 24.3 Å². The molecule has 0 saturated heterocycles. The molecule has 0 unspecified atom stereocenters. The molecule has 1 aliphatic carbocycles. The van der Waals surface area contributed by atoms with Gasteiger partial charge in [-0.15, -0.1) is 0 Å². The van der Waals surface area contributed by atoms with Crippen molar-refractivity contribution >= 4 is 11.8 Å².